The molecule has 0 spiro atoms. The minimum absolute atomic E-state index is 0.0919. The van der Waals surface area contributed by atoms with Gasteiger partial charge in [0, 0.05) is 56.5 Å². The second-order valence-electron chi connectivity index (χ2n) is 10.7. The molecular weight excluding hydrogens is 506 g/mol. The Bertz CT molecular complexity index is 1450. The number of hydrogen-bond donors (Lipinski definition) is 1. The number of nitrogens with zero attached hydrogens (tertiary/aromatic N) is 6. The second kappa shape index (κ2) is 11.3. The Kier molecular flexibility index (Phi) is 7.41. The zero-order chi connectivity index (χ0) is 27.6. The van der Waals surface area contributed by atoms with Crippen molar-refractivity contribution in [2.24, 2.45) is 0 Å². The van der Waals surface area contributed by atoms with E-state index in [2.05, 4.69) is 64.5 Å². The first kappa shape index (κ1) is 26.3. The summed E-state index contributed by atoms with van der Waals surface area (Å²) in [5.41, 5.74) is 4.53. The van der Waals surface area contributed by atoms with Crippen molar-refractivity contribution in [3.05, 3.63) is 53.2 Å². The number of nitriles is 1. The first-order valence-corrected chi connectivity index (χ1v) is 14.0. The van der Waals surface area contributed by atoms with Gasteiger partial charge in [-0.15, -0.1) is 0 Å². The Morgan fingerprint density at radius 2 is 1.95 bits per heavy atom. The highest BCUT2D eigenvalue weighted by Crippen LogP contribution is 2.36. The van der Waals surface area contributed by atoms with Gasteiger partial charge in [-0.25, -0.2) is 0 Å². The quantitative estimate of drug-likeness (QED) is 0.339. The monoisotopic (exact) mass is 541 g/mol. The number of benzene rings is 2. The summed E-state index contributed by atoms with van der Waals surface area (Å²) < 4.78 is 11.1. The van der Waals surface area contributed by atoms with E-state index in [1.165, 1.54) is 22.0 Å². The van der Waals surface area contributed by atoms with Gasteiger partial charge < -0.3 is 29.5 Å². The van der Waals surface area contributed by atoms with Crippen molar-refractivity contribution >= 4 is 28.2 Å². The van der Waals surface area contributed by atoms with Crippen LogP contribution in [0.5, 0.6) is 6.01 Å². The number of carbonyl (C=O) groups excluding carboxylic acids is 1. The highest BCUT2D eigenvalue weighted by atomic mass is 16.5. The molecular formula is C30H35N7O3. The molecule has 3 aromatic rings. The molecule has 208 valence electrons. The lowest BCUT2D eigenvalue weighted by atomic mass is 9.99. The summed E-state index contributed by atoms with van der Waals surface area (Å²) in [5, 5.41) is 15.1. The minimum Gasteiger partial charge on any atom is -0.461 e. The molecule has 0 aliphatic carbocycles. The van der Waals surface area contributed by atoms with Crippen LogP contribution in [0.25, 0.3) is 10.8 Å². The summed E-state index contributed by atoms with van der Waals surface area (Å²) in [6.45, 7) is 6.92. The van der Waals surface area contributed by atoms with Crippen molar-refractivity contribution in [3.63, 3.8) is 0 Å². The fraction of sp³-hybridized carbons (Fsp3) is 0.467. The summed E-state index contributed by atoms with van der Waals surface area (Å²) in [5.74, 6) is 0.944. The molecule has 0 unspecified atom stereocenters. The van der Waals surface area contributed by atoms with Gasteiger partial charge in [-0.3, -0.25) is 4.79 Å². The number of aryl methyl sites for hydroxylation is 1. The summed E-state index contributed by atoms with van der Waals surface area (Å²) in [6, 6.07) is 15.2. The Morgan fingerprint density at radius 3 is 2.73 bits per heavy atom. The van der Waals surface area contributed by atoms with Crippen molar-refractivity contribution in [2.75, 3.05) is 62.8 Å². The van der Waals surface area contributed by atoms with Crippen molar-refractivity contribution in [3.8, 4) is 12.1 Å². The molecule has 2 atom stereocenters. The Labute approximate surface area is 234 Å². The molecule has 2 fully saturated rings. The topological polar surface area (TPSA) is 117 Å². The van der Waals surface area contributed by atoms with Gasteiger partial charge in [-0.2, -0.15) is 15.2 Å². The number of anilines is 2. The highest BCUT2D eigenvalue weighted by Gasteiger charge is 2.39. The average Bonchev–Trinajstić information content (AvgIpc) is 3.82. The van der Waals surface area contributed by atoms with E-state index in [9.17, 15) is 10.1 Å². The van der Waals surface area contributed by atoms with Crippen molar-refractivity contribution < 1.29 is 14.3 Å². The Hall–Kier alpha value is -3.94. The maximum Gasteiger partial charge on any atom is 0.318 e. The molecule has 1 N–H and O–H groups in total. The van der Waals surface area contributed by atoms with E-state index < -0.39 is 0 Å². The molecule has 0 radical (unpaired) electrons. The molecule has 1 aromatic heterocycles. The van der Waals surface area contributed by atoms with Gasteiger partial charge in [-0.05, 0) is 30.4 Å². The van der Waals surface area contributed by atoms with Crippen LogP contribution in [0.3, 0.4) is 0 Å². The number of piperazine rings is 1. The van der Waals surface area contributed by atoms with E-state index in [-0.39, 0.29) is 24.4 Å². The molecule has 3 aliphatic heterocycles. The maximum atomic E-state index is 12.9. The number of aromatic nitrogens is 2. The van der Waals surface area contributed by atoms with Crippen LogP contribution in [0.2, 0.25) is 0 Å². The number of amides is 1. The predicted molar refractivity (Wildman–Crippen MR) is 153 cm³/mol. The lowest BCUT2D eigenvalue weighted by Crippen LogP contribution is -2.57. The van der Waals surface area contributed by atoms with Crippen LogP contribution >= 0.6 is 0 Å². The molecule has 0 saturated carbocycles. The molecule has 6 rings (SSSR count). The van der Waals surface area contributed by atoms with Gasteiger partial charge in [0.1, 0.15) is 12.4 Å². The first-order valence-electron chi connectivity index (χ1n) is 14.0. The zero-order valence-electron chi connectivity index (χ0n) is 23.1. The minimum atomic E-state index is -0.184. The second-order valence-corrected chi connectivity index (χ2v) is 10.7. The largest absolute Gasteiger partial charge is 0.461 e. The third kappa shape index (κ3) is 5.15. The van der Waals surface area contributed by atoms with E-state index in [4.69, 9.17) is 19.4 Å². The lowest BCUT2D eigenvalue weighted by Gasteiger charge is -2.42. The predicted octanol–water partition coefficient (Wildman–Crippen LogP) is 2.43. The SMILES string of the molecule is COCCOc1nc2c(c(N3CCN(C(=O)[C@H]4CN4)[C@@H](CC#N)C3)n1)CCN(c1cccc3cccc(C)c13)C2. The van der Waals surface area contributed by atoms with Gasteiger partial charge in [-0.1, -0.05) is 30.3 Å². The van der Waals surface area contributed by atoms with E-state index in [1.54, 1.807) is 7.11 Å². The fourth-order valence-electron chi connectivity index (χ4n) is 5.96. The van der Waals surface area contributed by atoms with Crippen LogP contribution in [0.15, 0.2) is 36.4 Å². The molecule has 2 saturated heterocycles. The summed E-state index contributed by atoms with van der Waals surface area (Å²) in [7, 11) is 1.64. The normalized spacial score (nSPS) is 20.3. The van der Waals surface area contributed by atoms with Gasteiger partial charge >= 0.3 is 6.01 Å². The number of fused-ring (bicyclic) bond motifs is 2. The van der Waals surface area contributed by atoms with E-state index >= 15 is 0 Å². The van der Waals surface area contributed by atoms with Crippen molar-refractivity contribution in [2.45, 2.75) is 38.4 Å². The van der Waals surface area contributed by atoms with Crippen LogP contribution in [-0.2, 0) is 22.5 Å². The number of rotatable bonds is 8. The van der Waals surface area contributed by atoms with Gasteiger partial charge in [0.25, 0.3) is 0 Å². The Balaban J connectivity index is 1.32. The summed E-state index contributed by atoms with van der Waals surface area (Å²) in [4.78, 5) is 29.1. The molecule has 10 heteroatoms. The fourth-order valence-corrected chi connectivity index (χ4v) is 5.96. The molecule has 0 bridgehead atoms. The van der Waals surface area contributed by atoms with Gasteiger partial charge in [0.2, 0.25) is 5.91 Å². The maximum absolute atomic E-state index is 12.9. The number of carbonyl (C=O) groups is 1. The Morgan fingerprint density at radius 1 is 1.12 bits per heavy atom. The lowest BCUT2D eigenvalue weighted by molar-refractivity contribution is -0.133. The van der Waals surface area contributed by atoms with Crippen LogP contribution in [-0.4, -0.2) is 85.9 Å². The van der Waals surface area contributed by atoms with Crippen LogP contribution in [0.4, 0.5) is 11.5 Å². The van der Waals surface area contributed by atoms with Crippen molar-refractivity contribution in [1.29, 1.82) is 5.26 Å². The molecule has 3 aliphatic rings. The van der Waals surface area contributed by atoms with Gasteiger partial charge in [0.05, 0.1) is 43.4 Å². The molecule has 10 nitrogen and oxygen atoms in total. The summed E-state index contributed by atoms with van der Waals surface area (Å²) >= 11 is 0. The first-order chi connectivity index (χ1) is 19.6. The smallest absolute Gasteiger partial charge is 0.318 e. The van der Waals surface area contributed by atoms with Crippen LogP contribution < -0.4 is 19.9 Å². The van der Waals surface area contributed by atoms with E-state index in [1.807, 2.05) is 4.90 Å². The number of methoxy groups -OCH3 is 1. The zero-order valence-corrected chi connectivity index (χ0v) is 23.1. The number of hydrogen-bond acceptors (Lipinski definition) is 9. The van der Waals surface area contributed by atoms with Crippen LogP contribution in [0.1, 0.15) is 23.2 Å². The highest BCUT2D eigenvalue weighted by molar-refractivity contribution is 5.97. The third-order valence-corrected chi connectivity index (χ3v) is 8.07. The summed E-state index contributed by atoms with van der Waals surface area (Å²) in [6.07, 6.45) is 1.08. The number of nitrogens with one attached hydrogen (secondary N) is 1. The molecule has 4 heterocycles. The van der Waals surface area contributed by atoms with Crippen LogP contribution in [0, 0.1) is 18.3 Å². The molecule has 40 heavy (non-hydrogen) atoms. The van der Waals surface area contributed by atoms with Gasteiger partial charge in [0.15, 0.2) is 0 Å². The standard InChI is InChI=1S/C30H35N7O3/c1-20-5-3-6-21-7-4-8-26(27(20)21)35-12-10-23-25(19-35)33-30(40-16-15-39-2)34-28(23)36-13-14-37(22(18-36)9-11-31)29(38)24-17-32-24/h3-8,22,24,32H,9-10,12-19H2,1-2H3/t22-,24+/m0/s1. The third-order valence-electron chi connectivity index (χ3n) is 8.07. The molecule has 2 aromatic carbocycles. The average molecular weight is 542 g/mol. The van der Waals surface area contributed by atoms with E-state index in [0.717, 1.165) is 30.0 Å². The molecule has 1 amide bonds. The number of ether oxygens (including phenoxy) is 2. The van der Waals surface area contributed by atoms with Crippen molar-refractivity contribution in [1.82, 2.24) is 20.2 Å². The van der Waals surface area contributed by atoms with E-state index in [0.29, 0.717) is 51.9 Å².